The number of nitrogens with zero attached hydrogens (tertiary/aromatic N) is 2. The van der Waals surface area contributed by atoms with Crippen molar-refractivity contribution in [3.05, 3.63) is 76.1 Å². The monoisotopic (exact) mass is 382 g/mol. The van der Waals surface area contributed by atoms with Crippen molar-refractivity contribution >= 4 is 11.8 Å². The number of carbonyl (C=O) groups is 2. The van der Waals surface area contributed by atoms with E-state index in [4.69, 9.17) is 4.74 Å². The molecule has 0 aliphatic carbocycles. The number of esters is 1. The summed E-state index contributed by atoms with van der Waals surface area (Å²) < 4.78 is 22.2. The molecule has 1 aromatic carbocycles. The van der Waals surface area contributed by atoms with Crippen LogP contribution < -0.4 is 0 Å². The molecule has 28 heavy (non-hydrogen) atoms. The van der Waals surface area contributed by atoms with Gasteiger partial charge in [0.2, 0.25) is 5.78 Å². The van der Waals surface area contributed by atoms with Crippen LogP contribution in [0.1, 0.15) is 43.5 Å². The first-order chi connectivity index (χ1) is 13.2. The molecule has 0 unspecified atom stereocenters. The minimum Gasteiger partial charge on any atom is -0.454 e. The first-order valence-electron chi connectivity index (χ1n) is 8.98. The minimum absolute atomic E-state index is 0.234. The van der Waals surface area contributed by atoms with Crippen LogP contribution in [-0.2, 0) is 11.8 Å². The maximum absolute atomic E-state index is 13.2. The van der Waals surface area contributed by atoms with Gasteiger partial charge in [0.05, 0.1) is 5.56 Å². The van der Waals surface area contributed by atoms with E-state index in [1.807, 2.05) is 37.0 Å². The van der Waals surface area contributed by atoms with E-state index in [0.29, 0.717) is 16.8 Å². The normalized spacial score (nSPS) is 10.9. The molecule has 3 aromatic rings. The van der Waals surface area contributed by atoms with Gasteiger partial charge in [0, 0.05) is 41.1 Å². The topological polar surface area (TPSA) is 53.2 Å². The lowest BCUT2D eigenvalue weighted by Crippen LogP contribution is -2.15. The maximum Gasteiger partial charge on any atom is 0.340 e. The van der Waals surface area contributed by atoms with Gasteiger partial charge in [-0.1, -0.05) is 0 Å². The van der Waals surface area contributed by atoms with Gasteiger partial charge in [-0.2, -0.15) is 0 Å². The highest BCUT2D eigenvalue weighted by Crippen LogP contribution is 2.22. The number of ether oxygens (including phenoxy) is 1. The second-order valence-electron chi connectivity index (χ2n) is 6.94. The number of benzene rings is 1. The quantitative estimate of drug-likeness (QED) is 0.490. The lowest BCUT2D eigenvalue weighted by Gasteiger charge is -2.10. The molecule has 3 rings (SSSR count). The van der Waals surface area contributed by atoms with Crippen LogP contribution in [-0.4, -0.2) is 27.5 Å². The summed E-state index contributed by atoms with van der Waals surface area (Å²) in [7, 11) is 1.89. The van der Waals surface area contributed by atoms with Gasteiger partial charge in [0.15, 0.2) is 6.61 Å². The zero-order valence-electron chi connectivity index (χ0n) is 16.7. The van der Waals surface area contributed by atoms with E-state index in [1.54, 1.807) is 31.2 Å². The molecule has 0 bridgehead atoms. The second-order valence-corrected chi connectivity index (χ2v) is 6.94. The molecule has 6 heteroatoms. The first-order valence-corrected chi connectivity index (χ1v) is 8.98. The molecule has 2 heterocycles. The van der Waals surface area contributed by atoms with Gasteiger partial charge in [-0.15, -0.1) is 0 Å². The molecule has 0 spiro atoms. The Bertz CT molecular complexity index is 1060. The Kier molecular flexibility index (Phi) is 5.23. The van der Waals surface area contributed by atoms with Crippen LogP contribution in [0.25, 0.3) is 5.69 Å². The van der Waals surface area contributed by atoms with E-state index in [-0.39, 0.29) is 18.2 Å². The van der Waals surface area contributed by atoms with Crippen LogP contribution in [0.2, 0.25) is 0 Å². The number of halogens is 1. The van der Waals surface area contributed by atoms with Gasteiger partial charge >= 0.3 is 5.97 Å². The molecule has 0 radical (unpaired) electrons. The predicted molar refractivity (Wildman–Crippen MR) is 105 cm³/mol. The highest BCUT2D eigenvalue weighted by atomic mass is 19.1. The predicted octanol–water partition coefficient (Wildman–Crippen LogP) is 4.23. The SMILES string of the molecule is Cc1cc(C(=O)COC(=O)c2cc(C)n(-c3ccc(F)cc3)c2C)c(C)n1C. The molecular weight excluding hydrogens is 359 g/mol. The number of aromatic nitrogens is 2. The summed E-state index contributed by atoms with van der Waals surface area (Å²) in [5.74, 6) is -1.11. The lowest BCUT2D eigenvalue weighted by molar-refractivity contribution is 0.0474. The van der Waals surface area contributed by atoms with Gasteiger partial charge in [-0.25, -0.2) is 9.18 Å². The smallest absolute Gasteiger partial charge is 0.340 e. The van der Waals surface area contributed by atoms with Crippen molar-refractivity contribution in [2.45, 2.75) is 27.7 Å². The number of aryl methyl sites for hydroxylation is 2. The van der Waals surface area contributed by atoms with Crippen molar-refractivity contribution in [3.8, 4) is 5.69 Å². The molecule has 2 aromatic heterocycles. The van der Waals surface area contributed by atoms with E-state index in [1.165, 1.54) is 12.1 Å². The van der Waals surface area contributed by atoms with Crippen LogP contribution in [0.3, 0.4) is 0 Å². The number of rotatable bonds is 5. The zero-order valence-corrected chi connectivity index (χ0v) is 16.7. The summed E-state index contributed by atoms with van der Waals surface area (Å²) in [6, 6.07) is 9.54. The molecule has 0 aliphatic rings. The Morgan fingerprint density at radius 1 is 0.929 bits per heavy atom. The van der Waals surface area contributed by atoms with Gasteiger partial charge in [0.25, 0.3) is 0 Å². The largest absolute Gasteiger partial charge is 0.454 e. The summed E-state index contributed by atoms with van der Waals surface area (Å²) in [6.07, 6.45) is 0. The van der Waals surface area contributed by atoms with Gasteiger partial charge in [0.1, 0.15) is 5.82 Å². The highest BCUT2D eigenvalue weighted by molar-refractivity contribution is 6.00. The van der Waals surface area contributed by atoms with E-state index in [9.17, 15) is 14.0 Å². The van der Waals surface area contributed by atoms with Gasteiger partial charge in [-0.05, 0) is 64.1 Å². The fourth-order valence-electron chi connectivity index (χ4n) is 3.38. The van der Waals surface area contributed by atoms with Crippen LogP contribution in [0.15, 0.2) is 36.4 Å². The van der Waals surface area contributed by atoms with Crippen molar-refractivity contribution in [2.24, 2.45) is 7.05 Å². The van der Waals surface area contributed by atoms with Crippen LogP contribution in [0.5, 0.6) is 0 Å². The van der Waals surface area contributed by atoms with Crippen molar-refractivity contribution in [1.29, 1.82) is 0 Å². The van der Waals surface area contributed by atoms with E-state index in [0.717, 1.165) is 22.8 Å². The summed E-state index contributed by atoms with van der Waals surface area (Å²) in [5.41, 5.74) is 5.00. The van der Waals surface area contributed by atoms with Gasteiger partial charge < -0.3 is 13.9 Å². The number of ketones is 1. The Morgan fingerprint density at radius 2 is 1.54 bits per heavy atom. The van der Waals surface area contributed by atoms with E-state index < -0.39 is 5.97 Å². The molecule has 0 saturated heterocycles. The molecule has 0 amide bonds. The first kappa shape index (κ1) is 19.6. The summed E-state index contributed by atoms with van der Waals surface area (Å²) >= 11 is 0. The second kappa shape index (κ2) is 7.46. The minimum atomic E-state index is -0.555. The molecule has 0 atom stereocenters. The average molecular weight is 382 g/mol. The molecule has 0 fully saturated rings. The van der Waals surface area contributed by atoms with Crippen LogP contribution >= 0.6 is 0 Å². The number of Topliss-reactive ketones (excluding diaryl/α,β-unsaturated/α-hetero) is 1. The zero-order chi connectivity index (χ0) is 20.6. The Balaban J connectivity index is 1.78. The van der Waals surface area contributed by atoms with Crippen LogP contribution in [0, 0.1) is 33.5 Å². The van der Waals surface area contributed by atoms with Crippen LogP contribution in [0.4, 0.5) is 4.39 Å². The fourth-order valence-corrected chi connectivity index (χ4v) is 3.38. The molecule has 0 aliphatic heterocycles. The summed E-state index contributed by atoms with van der Waals surface area (Å²) in [6.45, 7) is 7.11. The van der Waals surface area contributed by atoms with Gasteiger partial charge in [-0.3, -0.25) is 4.79 Å². The van der Waals surface area contributed by atoms with Crippen molar-refractivity contribution in [1.82, 2.24) is 9.13 Å². The molecule has 0 N–H and O–H groups in total. The maximum atomic E-state index is 13.2. The number of hydrogen-bond acceptors (Lipinski definition) is 3. The Morgan fingerprint density at radius 3 is 2.11 bits per heavy atom. The van der Waals surface area contributed by atoms with Crippen molar-refractivity contribution < 1.29 is 18.7 Å². The molecule has 0 saturated carbocycles. The van der Waals surface area contributed by atoms with Crippen molar-refractivity contribution in [2.75, 3.05) is 6.61 Å². The summed E-state index contributed by atoms with van der Waals surface area (Å²) in [4.78, 5) is 25.0. The fraction of sp³-hybridized carbons (Fsp3) is 0.273. The molecule has 5 nitrogen and oxygen atoms in total. The summed E-state index contributed by atoms with van der Waals surface area (Å²) in [5, 5.41) is 0. The molecular formula is C22H23FN2O3. The lowest BCUT2D eigenvalue weighted by atomic mass is 10.1. The number of carbonyl (C=O) groups excluding carboxylic acids is 2. The third-order valence-corrected chi connectivity index (χ3v) is 5.15. The Labute approximate surface area is 163 Å². The highest BCUT2D eigenvalue weighted by Gasteiger charge is 2.20. The third-order valence-electron chi connectivity index (χ3n) is 5.15. The number of hydrogen-bond donors (Lipinski definition) is 0. The molecule has 146 valence electrons. The van der Waals surface area contributed by atoms with Crippen molar-refractivity contribution in [3.63, 3.8) is 0 Å². The third kappa shape index (κ3) is 3.50. The Hall–Kier alpha value is -3.15. The standard InChI is InChI=1S/C22H23FN2O3/c1-13-10-19(15(3)24(13)5)21(26)12-28-22(27)20-11-14(2)25(16(20)4)18-8-6-17(23)7-9-18/h6-11H,12H2,1-5H3. The van der Waals surface area contributed by atoms with E-state index in [2.05, 4.69) is 0 Å². The average Bonchev–Trinajstić information content (AvgIpc) is 3.10. The van der Waals surface area contributed by atoms with E-state index >= 15 is 0 Å².